The molecule has 0 saturated heterocycles. The highest BCUT2D eigenvalue weighted by Gasteiger charge is 2.29. The standard InChI is InChI=1S/C16H16O2S/c1-16(19-12-15(17)18,13-8-4-2-5-9-13)14-10-6-3-7-11-14/h2-11H,12H2,1H3,(H,17,18). The fraction of sp³-hybridized carbons (Fsp3) is 0.188. The number of thioether (sulfide) groups is 1. The molecule has 0 bridgehead atoms. The van der Waals surface area contributed by atoms with Gasteiger partial charge in [0.25, 0.3) is 0 Å². The van der Waals surface area contributed by atoms with E-state index in [0.717, 1.165) is 11.1 Å². The molecule has 0 aliphatic carbocycles. The van der Waals surface area contributed by atoms with Gasteiger partial charge in [0.15, 0.2) is 0 Å². The number of carboxylic acid groups (broad SMARTS) is 1. The SMILES string of the molecule is CC(SCC(=O)O)(c1ccccc1)c1ccccc1. The zero-order valence-electron chi connectivity index (χ0n) is 10.7. The fourth-order valence-corrected chi connectivity index (χ4v) is 3.07. The average Bonchev–Trinajstić information content (AvgIpc) is 2.46. The smallest absolute Gasteiger partial charge is 0.313 e. The molecular formula is C16H16O2S. The molecular weight excluding hydrogens is 256 g/mol. The summed E-state index contributed by atoms with van der Waals surface area (Å²) in [6.07, 6.45) is 0. The third-order valence-corrected chi connectivity index (χ3v) is 4.57. The van der Waals surface area contributed by atoms with Gasteiger partial charge in [0.1, 0.15) is 0 Å². The van der Waals surface area contributed by atoms with Crippen molar-refractivity contribution in [1.82, 2.24) is 0 Å². The molecule has 0 spiro atoms. The lowest BCUT2D eigenvalue weighted by Crippen LogP contribution is -2.21. The lowest BCUT2D eigenvalue weighted by atomic mass is 9.92. The Morgan fingerprint density at radius 3 is 1.79 bits per heavy atom. The van der Waals surface area contributed by atoms with Crippen LogP contribution in [0.25, 0.3) is 0 Å². The van der Waals surface area contributed by atoms with E-state index in [0.29, 0.717) is 0 Å². The van der Waals surface area contributed by atoms with Gasteiger partial charge in [-0.3, -0.25) is 4.79 Å². The molecule has 98 valence electrons. The zero-order valence-corrected chi connectivity index (χ0v) is 11.6. The molecule has 0 aliphatic rings. The normalized spacial score (nSPS) is 11.2. The molecule has 0 unspecified atom stereocenters. The van der Waals surface area contributed by atoms with Crippen LogP contribution in [0.4, 0.5) is 0 Å². The molecule has 2 rings (SSSR count). The fourth-order valence-electron chi connectivity index (χ4n) is 2.05. The van der Waals surface area contributed by atoms with Gasteiger partial charge in [-0.05, 0) is 18.1 Å². The van der Waals surface area contributed by atoms with Crippen molar-refractivity contribution in [2.75, 3.05) is 5.75 Å². The van der Waals surface area contributed by atoms with Crippen LogP contribution >= 0.6 is 11.8 Å². The van der Waals surface area contributed by atoms with Crippen LogP contribution in [0.15, 0.2) is 60.7 Å². The second-order valence-corrected chi connectivity index (χ2v) is 5.84. The minimum atomic E-state index is -0.789. The van der Waals surface area contributed by atoms with Crippen molar-refractivity contribution in [1.29, 1.82) is 0 Å². The first-order chi connectivity index (χ1) is 9.13. The van der Waals surface area contributed by atoms with Crippen LogP contribution < -0.4 is 0 Å². The Morgan fingerprint density at radius 2 is 1.42 bits per heavy atom. The summed E-state index contributed by atoms with van der Waals surface area (Å²) < 4.78 is -0.346. The Morgan fingerprint density at radius 1 is 1.00 bits per heavy atom. The van der Waals surface area contributed by atoms with Crippen LogP contribution in [0.2, 0.25) is 0 Å². The molecule has 0 amide bonds. The van der Waals surface area contributed by atoms with Gasteiger partial charge >= 0.3 is 5.97 Å². The molecule has 1 N–H and O–H groups in total. The van der Waals surface area contributed by atoms with Gasteiger partial charge in [-0.25, -0.2) is 0 Å². The van der Waals surface area contributed by atoms with Crippen molar-refractivity contribution in [2.24, 2.45) is 0 Å². The number of benzene rings is 2. The Labute approximate surface area is 117 Å². The molecule has 0 heterocycles. The minimum absolute atomic E-state index is 0.0836. The maximum Gasteiger partial charge on any atom is 0.313 e. The molecule has 19 heavy (non-hydrogen) atoms. The van der Waals surface area contributed by atoms with E-state index in [9.17, 15) is 4.79 Å². The van der Waals surface area contributed by atoms with Crippen molar-refractivity contribution < 1.29 is 9.90 Å². The lowest BCUT2D eigenvalue weighted by molar-refractivity contribution is -0.133. The van der Waals surface area contributed by atoms with Gasteiger partial charge in [0.2, 0.25) is 0 Å². The first-order valence-corrected chi connectivity index (χ1v) is 7.08. The molecule has 0 saturated carbocycles. The Balaban J connectivity index is 2.41. The molecule has 0 radical (unpaired) electrons. The summed E-state index contributed by atoms with van der Waals surface area (Å²) >= 11 is 1.44. The largest absolute Gasteiger partial charge is 0.481 e. The number of rotatable bonds is 5. The summed E-state index contributed by atoms with van der Waals surface area (Å²) in [5.74, 6) is -0.705. The van der Waals surface area contributed by atoms with E-state index in [4.69, 9.17) is 5.11 Å². The van der Waals surface area contributed by atoms with E-state index >= 15 is 0 Å². The van der Waals surface area contributed by atoms with Crippen molar-refractivity contribution >= 4 is 17.7 Å². The predicted octanol–water partition coefficient (Wildman–Crippen LogP) is 3.77. The van der Waals surface area contributed by atoms with Crippen molar-refractivity contribution in [3.8, 4) is 0 Å². The molecule has 0 aromatic heterocycles. The number of carbonyl (C=O) groups is 1. The second-order valence-electron chi connectivity index (χ2n) is 4.45. The highest BCUT2D eigenvalue weighted by molar-refractivity contribution is 8.01. The maximum atomic E-state index is 10.9. The summed E-state index contributed by atoms with van der Waals surface area (Å²) in [6.45, 7) is 2.07. The topological polar surface area (TPSA) is 37.3 Å². The number of hydrogen-bond acceptors (Lipinski definition) is 2. The Kier molecular flexibility index (Phi) is 4.27. The van der Waals surface area contributed by atoms with Gasteiger partial charge < -0.3 is 5.11 Å². The summed E-state index contributed by atoms with van der Waals surface area (Å²) in [5.41, 5.74) is 2.24. The van der Waals surface area contributed by atoms with E-state index in [-0.39, 0.29) is 10.5 Å². The summed E-state index contributed by atoms with van der Waals surface area (Å²) in [5, 5.41) is 8.95. The monoisotopic (exact) mass is 272 g/mol. The number of aliphatic carboxylic acids is 1. The third kappa shape index (κ3) is 3.18. The second kappa shape index (κ2) is 5.93. The Bertz CT molecular complexity index is 498. The maximum absolute atomic E-state index is 10.9. The molecule has 0 atom stereocenters. The Hall–Kier alpha value is -1.74. The molecule has 0 aliphatic heterocycles. The molecule has 2 aromatic carbocycles. The van der Waals surface area contributed by atoms with Crippen LogP contribution in [-0.2, 0) is 9.54 Å². The summed E-state index contributed by atoms with van der Waals surface area (Å²) in [4.78, 5) is 10.9. The number of carboxylic acids is 1. The highest BCUT2D eigenvalue weighted by Crippen LogP contribution is 2.42. The zero-order chi connectivity index (χ0) is 13.7. The molecule has 0 fully saturated rings. The van der Waals surface area contributed by atoms with Crippen LogP contribution in [0.1, 0.15) is 18.1 Å². The summed E-state index contributed by atoms with van der Waals surface area (Å²) in [7, 11) is 0. The molecule has 2 aromatic rings. The van der Waals surface area contributed by atoms with Gasteiger partial charge in [-0.15, -0.1) is 11.8 Å². The van der Waals surface area contributed by atoms with E-state index in [1.54, 1.807) is 0 Å². The van der Waals surface area contributed by atoms with E-state index in [2.05, 4.69) is 6.92 Å². The van der Waals surface area contributed by atoms with Crippen molar-refractivity contribution in [3.05, 3.63) is 71.8 Å². The van der Waals surface area contributed by atoms with Gasteiger partial charge in [-0.1, -0.05) is 60.7 Å². The van der Waals surface area contributed by atoms with Crippen LogP contribution in [-0.4, -0.2) is 16.8 Å². The molecule has 3 heteroatoms. The van der Waals surface area contributed by atoms with E-state index in [1.807, 2.05) is 60.7 Å². The lowest BCUT2D eigenvalue weighted by Gasteiger charge is -2.29. The van der Waals surface area contributed by atoms with Crippen LogP contribution in [0, 0.1) is 0 Å². The first kappa shape index (κ1) is 13.7. The van der Waals surface area contributed by atoms with Gasteiger partial charge in [0.05, 0.1) is 10.5 Å². The number of hydrogen-bond donors (Lipinski definition) is 1. The first-order valence-electron chi connectivity index (χ1n) is 6.10. The van der Waals surface area contributed by atoms with E-state index < -0.39 is 5.97 Å². The third-order valence-electron chi connectivity index (χ3n) is 3.13. The van der Waals surface area contributed by atoms with Crippen molar-refractivity contribution in [2.45, 2.75) is 11.7 Å². The van der Waals surface area contributed by atoms with Gasteiger partial charge in [0, 0.05) is 0 Å². The quantitative estimate of drug-likeness (QED) is 0.900. The minimum Gasteiger partial charge on any atom is -0.481 e. The molecule has 2 nitrogen and oxygen atoms in total. The predicted molar refractivity (Wildman–Crippen MR) is 79.4 cm³/mol. The van der Waals surface area contributed by atoms with Crippen molar-refractivity contribution in [3.63, 3.8) is 0 Å². The highest BCUT2D eigenvalue weighted by atomic mass is 32.2. The average molecular weight is 272 g/mol. The van der Waals surface area contributed by atoms with E-state index in [1.165, 1.54) is 11.8 Å². The van der Waals surface area contributed by atoms with Gasteiger partial charge in [-0.2, -0.15) is 0 Å². The van der Waals surface area contributed by atoms with Crippen LogP contribution in [0.5, 0.6) is 0 Å². The van der Waals surface area contributed by atoms with Crippen LogP contribution in [0.3, 0.4) is 0 Å². The summed E-state index contributed by atoms with van der Waals surface area (Å²) in [6, 6.07) is 20.0.